The summed E-state index contributed by atoms with van der Waals surface area (Å²) in [5.41, 5.74) is 4.23. The molecule has 4 heteroatoms. The number of nitrogens with zero attached hydrogens (tertiary/aromatic N) is 2. The first-order valence-corrected chi connectivity index (χ1v) is 8.58. The SMILES string of the molecule is CCCc1nc(N2CCc3ccccc3C2)sc1CNC. The number of fused-ring (bicyclic) bond motifs is 1. The zero-order valence-corrected chi connectivity index (χ0v) is 13.7. The van der Waals surface area contributed by atoms with Gasteiger partial charge in [-0.15, -0.1) is 11.3 Å². The lowest BCUT2D eigenvalue weighted by atomic mass is 10.0. The average Bonchev–Trinajstić information content (AvgIpc) is 2.91. The lowest BCUT2D eigenvalue weighted by Gasteiger charge is -2.28. The van der Waals surface area contributed by atoms with Crippen LogP contribution in [-0.2, 0) is 25.9 Å². The molecule has 3 nitrogen and oxygen atoms in total. The van der Waals surface area contributed by atoms with E-state index < -0.39 is 0 Å². The molecule has 0 unspecified atom stereocenters. The standard InChI is InChI=1S/C17H23N3S/c1-3-6-15-16(11-18-2)21-17(19-15)20-10-9-13-7-4-5-8-14(13)12-20/h4-5,7-8,18H,3,6,9-12H2,1-2H3. The van der Waals surface area contributed by atoms with E-state index in [9.17, 15) is 0 Å². The van der Waals surface area contributed by atoms with E-state index in [1.807, 2.05) is 18.4 Å². The number of aryl methyl sites for hydroxylation is 1. The Morgan fingerprint density at radius 1 is 1.29 bits per heavy atom. The van der Waals surface area contributed by atoms with E-state index in [-0.39, 0.29) is 0 Å². The van der Waals surface area contributed by atoms with Crippen LogP contribution in [0.2, 0.25) is 0 Å². The highest BCUT2D eigenvalue weighted by atomic mass is 32.1. The van der Waals surface area contributed by atoms with E-state index in [0.29, 0.717) is 0 Å². The first kappa shape index (κ1) is 14.5. The van der Waals surface area contributed by atoms with Crippen LogP contribution in [0.25, 0.3) is 0 Å². The van der Waals surface area contributed by atoms with Gasteiger partial charge in [0.05, 0.1) is 5.69 Å². The second-order valence-corrected chi connectivity index (χ2v) is 6.65. The van der Waals surface area contributed by atoms with Crippen molar-refractivity contribution < 1.29 is 0 Å². The third-order valence-corrected chi connectivity index (χ3v) is 5.15. The maximum Gasteiger partial charge on any atom is 0.186 e. The van der Waals surface area contributed by atoms with Crippen LogP contribution in [0.4, 0.5) is 5.13 Å². The van der Waals surface area contributed by atoms with Gasteiger partial charge in [0.15, 0.2) is 5.13 Å². The van der Waals surface area contributed by atoms with E-state index >= 15 is 0 Å². The van der Waals surface area contributed by atoms with Crippen molar-refractivity contribution >= 4 is 16.5 Å². The normalized spacial score (nSPS) is 14.3. The van der Waals surface area contributed by atoms with Crippen molar-refractivity contribution in [1.29, 1.82) is 0 Å². The molecule has 0 spiro atoms. The number of aromatic nitrogens is 1. The Bertz CT molecular complexity index is 582. The van der Waals surface area contributed by atoms with Crippen molar-refractivity contribution in [2.75, 3.05) is 18.5 Å². The Kier molecular flexibility index (Phi) is 4.56. The molecule has 0 bridgehead atoms. The molecule has 3 rings (SSSR count). The van der Waals surface area contributed by atoms with Gasteiger partial charge in [-0.3, -0.25) is 0 Å². The second-order valence-electron chi connectivity index (χ2n) is 5.59. The van der Waals surface area contributed by atoms with E-state index in [4.69, 9.17) is 4.98 Å². The number of hydrogen-bond acceptors (Lipinski definition) is 4. The van der Waals surface area contributed by atoms with Gasteiger partial charge in [0, 0.05) is 24.5 Å². The number of hydrogen-bond donors (Lipinski definition) is 1. The molecule has 2 aromatic rings. The van der Waals surface area contributed by atoms with Gasteiger partial charge in [0.2, 0.25) is 0 Å². The summed E-state index contributed by atoms with van der Waals surface area (Å²) in [4.78, 5) is 8.75. The fourth-order valence-corrected chi connectivity index (χ4v) is 4.04. The van der Waals surface area contributed by atoms with Crippen LogP contribution >= 0.6 is 11.3 Å². The van der Waals surface area contributed by atoms with Crippen molar-refractivity contribution in [2.45, 2.75) is 39.3 Å². The van der Waals surface area contributed by atoms with Gasteiger partial charge < -0.3 is 10.2 Å². The zero-order valence-electron chi connectivity index (χ0n) is 12.9. The molecule has 1 N–H and O–H groups in total. The largest absolute Gasteiger partial charge is 0.343 e. The first-order valence-electron chi connectivity index (χ1n) is 7.76. The molecule has 0 radical (unpaired) electrons. The minimum atomic E-state index is 0.928. The lowest BCUT2D eigenvalue weighted by Crippen LogP contribution is -2.30. The summed E-state index contributed by atoms with van der Waals surface area (Å²) in [6, 6.07) is 8.78. The first-order chi connectivity index (χ1) is 10.3. The Morgan fingerprint density at radius 2 is 2.10 bits per heavy atom. The highest BCUT2D eigenvalue weighted by Gasteiger charge is 2.20. The Labute approximate surface area is 131 Å². The number of anilines is 1. The van der Waals surface area contributed by atoms with Crippen molar-refractivity contribution in [3.63, 3.8) is 0 Å². The van der Waals surface area contributed by atoms with Gasteiger partial charge in [-0.25, -0.2) is 4.98 Å². The summed E-state index contributed by atoms with van der Waals surface area (Å²) in [6.45, 7) is 5.22. The molecular formula is C17H23N3S. The lowest BCUT2D eigenvalue weighted by molar-refractivity contribution is 0.725. The molecule has 0 saturated heterocycles. The summed E-state index contributed by atoms with van der Waals surface area (Å²) >= 11 is 1.86. The molecule has 0 amide bonds. The van der Waals surface area contributed by atoms with Gasteiger partial charge in [-0.05, 0) is 31.0 Å². The highest BCUT2D eigenvalue weighted by Crippen LogP contribution is 2.31. The molecular weight excluding hydrogens is 278 g/mol. The van der Waals surface area contributed by atoms with Gasteiger partial charge in [0.25, 0.3) is 0 Å². The van der Waals surface area contributed by atoms with Crippen molar-refractivity contribution in [3.8, 4) is 0 Å². The molecule has 1 aliphatic heterocycles. The van der Waals surface area contributed by atoms with Crippen LogP contribution in [0.3, 0.4) is 0 Å². The van der Waals surface area contributed by atoms with Crippen LogP contribution in [-0.4, -0.2) is 18.6 Å². The van der Waals surface area contributed by atoms with E-state index in [2.05, 4.69) is 41.4 Å². The van der Waals surface area contributed by atoms with Gasteiger partial charge in [-0.2, -0.15) is 0 Å². The summed E-state index contributed by atoms with van der Waals surface area (Å²) in [7, 11) is 2.01. The monoisotopic (exact) mass is 301 g/mol. The molecule has 2 heterocycles. The maximum atomic E-state index is 4.92. The minimum absolute atomic E-state index is 0.928. The molecule has 0 aliphatic carbocycles. The fourth-order valence-electron chi connectivity index (χ4n) is 2.89. The Morgan fingerprint density at radius 3 is 2.86 bits per heavy atom. The summed E-state index contributed by atoms with van der Waals surface area (Å²) < 4.78 is 0. The fraction of sp³-hybridized carbons (Fsp3) is 0.471. The molecule has 1 aromatic heterocycles. The van der Waals surface area contributed by atoms with Crippen LogP contribution in [0.1, 0.15) is 35.0 Å². The van der Waals surface area contributed by atoms with E-state index in [0.717, 1.165) is 38.9 Å². The Balaban J connectivity index is 1.83. The smallest absolute Gasteiger partial charge is 0.186 e. The summed E-state index contributed by atoms with van der Waals surface area (Å²) in [5, 5.41) is 4.46. The number of benzene rings is 1. The van der Waals surface area contributed by atoms with Crippen molar-refractivity contribution in [1.82, 2.24) is 10.3 Å². The van der Waals surface area contributed by atoms with E-state index in [1.54, 1.807) is 0 Å². The molecule has 21 heavy (non-hydrogen) atoms. The molecule has 1 aromatic carbocycles. The summed E-state index contributed by atoms with van der Waals surface area (Å²) in [5.74, 6) is 0. The quantitative estimate of drug-likeness (QED) is 0.917. The van der Waals surface area contributed by atoms with Crippen LogP contribution in [0.15, 0.2) is 24.3 Å². The number of nitrogens with one attached hydrogen (secondary N) is 1. The molecule has 1 aliphatic rings. The van der Waals surface area contributed by atoms with E-state index in [1.165, 1.54) is 26.8 Å². The van der Waals surface area contributed by atoms with Crippen LogP contribution < -0.4 is 10.2 Å². The van der Waals surface area contributed by atoms with Gasteiger partial charge in [-0.1, -0.05) is 37.6 Å². The Hall–Kier alpha value is -1.39. The number of rotatable bonds is 5. The average molecular weight is 301 g/mol. The minimum Gasteiger partial charge on any atom is -0.343 e. The van der Waals surface area contributed by atoms with Crippen molar-refractivity contribution in [2.24, 2.45) is 0 Å². The van der Waals surface area contributed by atoms with Gasteiger partial charge in [0.1, 0.15) is 0 Å². The van der Waals surface area contributed by atoms with Crippen LogP contribution in [0, 0.1) is 0 Å². The van der Waals surface area contributed by atoms with Gasteiger partial charge >= 0.3 is 0 Å². The number of thiazole rings is 1. The molecule has 112 valence electrons. The predicted molar refractivity (Wildman–Crippen MR) is 90.1 cm³/mol. The maximum absolute atomic E-state index is 4.92. The topological polar surface area (TPSA) is 28.2 Å². The van der Waals surface area contributed by atoms with Crippen LogP contribution in [0.5, 0.6) is 0 Å². The summed E-state index contributed by atoms with van der Waals surface area (Å²) in [6.07, 6.45) is 3.36. The molecule has 0 saturated carbocycles. The second kappa shape index (κ2) is 6.58. The zero-order chi connectivity index (χ0) is 14.7. The highest BCUT2D eigenvalue weighted by molar-refractivity contribution is 7.15. The third kappa shape index (κ3) is 3.11. The van der Waals surface area contributed by atoms with Crippen molar-refractivity contribution in [3.05, 3.63) is 46.0 Å². The third-order valence-electron chi connectivity index (χ3n) is 3.99. The molecule has 0 fully saturated rings. The predicted octanol–water partition coefficient (Wildman–Crippen LogP) is 3.38. The molecule has 0 atom stereocenters.